The predicted molar refractivity (Wildman–Crippen MR) is 59.9 cm³/mol. The minimum absolute atomic E-state index is 0.341. The first-order valence-corrected chi connectivity index (χ1v) is 3.75. The standard InChI is InChI=1S/C7H14N4.C2H4/c1-5(2)6(9-3)11-7(8)10-4;1-2/h3H2,1-2,4H3,(H3,8,10,11);1-2H2. The maximum Gasteiger partial charge on any atom is 0.194 e. The van der Waals surface area contributed by atoms with Crippen molar-refractivity contribution < 1.29 is 0 Å². The minimum Gasteiger partial charge on any atom is -0.370 e. The summed E-state index contributed by atoms with van der Waals surface area (Å²) < 4.78 is 0. The van der Waals surface area contributed by atoms with Crippen molar-refractivity contribution in [1.29, 1.82) is 0 Å². The Balaban J connectivity index is 0. The Bertz CT molecular complexity index is 212. The molecule has 0 atom stereocenters. The highest BCUT2D eigenvalue weighted by molar-refractivity contribution is 5.79. The van der Waals surface area contributed by atoms with Crippen molar-refractivity contribution in [3.63, 3.8) is 0 Å². The van der Waals surface area contributed by atoms with Crippen LogP contribution in [0.3, 0.4) is 0 Å². The van der Waals surface area contributed by atoms with Gasteiger partial charge < -0.3 is 11.1 Å². The van der Waals surface area contributed by atoms with E-state index in [1.54, 1.807) is 7.05 Å². The first-order valence-electron chi connectivity index (χ1n) is 3.75. The van der Waals surface area contributed by atoms with Gasteiger partial charge in [0.2, 0.25) is 0 Å². The summed E-state index contributed by atoms with van der Waals surface area (Å²) in [6, 6.07) is 0. The van der Waals surface area contributed by atoms with E-state index in [0.29, 0.717) is 11.8 Å². The first kappa shape index (κ1) is 14.0. The van der Waals surface area contributed by atoms with Gasteiger partial charge in [-0.15, -0.1) is 13.2 Å². The molecule has 0 aromatic carbocycles. The zero-order chi connectivity index (χ0) is 10.9. The van der Waals surface area contributed by atoms with Crippen LogP contribution >= 0.6 is 0 Å². The average molecular weight is 182 g/mol. The van der Waals surface area contributed by atoms with Gasteiger partial charge in [0.1, 0.15) is 5.82 Å². The topological polar surface area (TPSA) is 62.8 Å². The number of hydrogen-bond acceptors (Lipinski definition) is 2. The molecule has 74 valence electrons. The molecule has 0 aromatic rings. The average Bonchev–Trinajstić information content (AvgIpc) is 2.16. The van der Waals surface area contributed by atoms with Crippen molar-refractivity contribution in [1.82, 2.24) is 5.32 Å². The van der Waals surface area contributed by atoms with E-state index in [9.17, 15) is 0 Å². The second kappa shape index (κ2) is 8.52. The molecule has 0 saturated carbocycles. The van der Waals surface area contributed by atoms with Crippen molar-refractivity contribution in [2.24, 2.45) is 15.7 Å². The lowest BCUT2D eigenvalue weighted by atomic mass is 10.3. The summed E-state index contributed by atoms with van der Waals surface area (Å²) in [4.78, 5) is 7.45. The summed E-state index contributed by atoms with van der Waals surface area (Å²) in [6.07, 6.45) is 0. The van der Waals surface area contributed by atoms with Crippen LogP contribution < -0.4 is 11.1 Å². The normalized spacial score (nSPS) is 9.31. The highest BCUT2D eigenvalue weighted by Gasteiger charge is 1.95. The lowest BCUT2D eigenvalue weighted by molar-refractivity contribution is 1.01. The summed E-state index contributed by atoms with van der Waals surface area (Å²) in [7, 11) is 1.61. The molecule has 4 nitrogen and oxygen atoms in total. The fraction of sp³-hybridized carbons (Fsp3) is 0.333. The molecule has 0 aliphatic heterocycles. The number of aliphatic imine (C=N–C) groups is 2. The quantitative estimate of drug-likeness (QED) is 0.384. The van der Waals surface area contributed by atoms with E-state index in [2.05, 4.69) is 35.2 Å². The molecule has 0 aliphatic carbocycles. The summed E-state index contributed by atoms with van der Waals surface area (Å²) in [5.74, 6) is 1.00. The van der Waals surface area contributed by atoms with E-state index in [4.69, 9.17) is 5.73 Å². The highest BCUT2D eigenvalue weighted by atomic mass is 15.1. The SMILES string of the molecule is C=C.C=NC(NC(N)=NC)=C(C)C. The Morgan fingerprint density at radius 2 is 1.77 bits per heavy atom. The summed E-state index contributed by atoms with van der Waals surface area (Å²) >= 11 is 0. The largest absolute Gasteiger partial charge is 0.370 e. The molecule has 13 heavy (non-hydrogen) atoms. The molecule has 0 heterocycles. The highest BCUT2D eigenvalue weighted by Crippen LogP contribution is 1.98. The van der Waals surface area contributed by atoms with Gasteiger partial charge in [0.25, 0.3) is 0 Å². The molecule has 0 spiro atoms. The van der Waals surface area contributed by atoms with Gasteiger partial charge in [-0.05, 0) is 26.1 Å². The second-order valence-corrected chi connectivity index (χ2v) is 2.24. The molecule has 0 aliphatic rings. The van der Waals surface area contributed by atoms with Crippen molar-refractivity contribution in [3.05, 3.63) is 24.6 Å². The minimum atomic E-state index is 0.341. The van der Waals surface area contributed by atoms with E-state index in [0.717, 1.165) is 5.57 Å². The fourth-order valence-corrected chi connectivity index (χ4v) is 0.500. The van der Waals surface area contributed by atoms with E-state index < -0.39 is 0 Å². The lowest BCUT2D eigenvalue weighted by Crippen LogP contribution is -2.30. The molecular weight excluding hydrogens is 164 g/mol. The smallest absolute Gasteiger partial charge is 0.194 e. The van der Waals surface area contributed by atoms with Crippen LogP contribution in [0.2, 0.25) is 0 Å². The summed E-state index contributed by atoms with van der Waals surface area (Å²) in [5, 5.41) is 2.79. The Morgan fingerprint density at radius 1 is 1.31 bits per heavy atom. The predicted octanol–water partition coefficient (Wildman–Crippen LogP) is 1.27. The van der Waals surface area contributed by atoms with Crippen molar-refractivity contribution >= 4 is 12.7 Å². The monoisotopic (exact) mass is 182 g/mol. The first-order chi connectivity index (χ1) is 6.11. The van der Waals surface area contributed by atoms with E-state index in [1.165, 1.54) is 0 Å². The number of nitrogens with zero attached hydrogens (tertiary/aromatic N) is 2. The zero-order valence-corrected chi connectivity index (χ0v) is 8.59. The van der Waals surface area contributed by atoms with Gasteiger partial charge in [-0.1, -0.05) is 0 Å². The molecule has 0 rings (SSSR count). The number of guanidine groups is 1. The summed E-state index contributed by atoms with van der Waals surface area (Å²) in [6.45, 7) is 13.2. The van der Waals surface area contributed by atoms with Gasteiger partial charge in [0.15, 0.2) is 5.96 Å². The lowest BCUT2D eigenvalue weighted by Gasteiger charge is -2.05. The summed E-state index contributed by atoms with van der Waals surface area (Å²) in [5.41, 5.74) is 6.42. The van der Waals surface area contributed by atoms with Crippen LogP contribution in [0.4, 0.5) is 0 Å². The van der Waals surface area contributed by atoms with Gasteiger partial charge >= 0.3 is 0 Å². The Labute approximate surface area is 80.0 Å². The van der Waals surface area contributed by atoms with Gasteiger partial charge in [-0.2, -0.15) is 0 Å². The molecule has 0 fully saturated rings. The third-order valence-electron chi connectivity index (χ3n) is 1.12. The van der Waals surface area contributed by atoms with Crippen LogP contribution in [0.1, 0.15) is 13.8 Å². The number of allylic oxidation sites excluding steroid dienone is 1. The van der Waals surface area contributed by atoms with Crippen molar-refractivity contribution in [3.8, 4) is 0 Å². The van der Waals surface area contributed by atoms with E-state index in [-0.39, 0.29) is 0 Å². The molecule has 0 radical (unpaired) electrons. The van der Waals surface area contributed by atoms with Crippen LogP contribution in [-0.2, 0) is 0 Å². The molecular formula is C9H18N4. The maximum atomic E-state index is 5.40. The van der Waals surface area contributed by atoms with Gasteiger partial charge in [-0.25, -0.2) is 4.99 Å². The van der Waals surface area contributed by atoms with Crippen LogP contribution in [0.15, 0.2) is 34.5 Å². The molecule has 0 unspecified atom stereocenters. The maximum absolute atomic E-state index is 5.40. The number of hydrogen-bond donors (Lipinski definition) is 2. The fourth-order valence-electron chi connectivity index (χ4n) is 0.500. The zero-order valence-electron chi connectivity index (χ0n) is 8.59. The number of nitrogens with one attached hydrogen (secondary N) is 1. The van der Waals surface area contributed by atoms with E-state index >= 15 is 0 Å². The third kappa shape index (κ3) is 6.80. The van der Waals surface area contributed by atoms with Crippen LogP contribution in [0.25, 0.3) is 0 Å². The Hall–Kier alpha value is -1.58. The third-order valence-corrected chi connectivity index (χ3v) is 1.12. The van der Waals surface area contributed by atoms with Crippen LogP contribution in [0, 0.1) is 0 Å². The van der Waals surface area contributed by atoms with E-state index in [1.807, 2.05) is 13.8 Å². The second-order valence-electron chi connectivity index (χ2n) is 2.24. The Kier molecular flexibility index (Phi) is 9.15. The van der Waals surface area contributed by atoms with Gasteiger partial charge in [-0.3, -0.25) is 4.99 Å². The molecule has 0 aromatic heterocycles. The molecule has 0 saturated heterocycles. The van der Waals surface area contributed by atoms with Gasteiger partial charge in [0.05, 0.1) is 0 Å². The number of rotatable bonds is 2. The molecule has 0 amide bonds. The molecule has 3 N–H and O–H groups in total. The number of nitrogens with two attached hydrogens (primary N) is 1. The molecule has 0 bridgehead atoms. The van der Waals surface area contributed by atoms with Crippen LogP contribution in [-0.4, -0.2) is 19.7 Å². The van der Waals surface area contributed by atoms with Gasteiger partial charge in [0, 0.05) is 7.05 Å². The Morgan fingerprint density at radius 3 is 2.00 bits per heavy atom. The van der Waals surface area contributed by atoms with Crippen molar-refractivity contribution in [2.45, 2.75) is 13.8 Å². The van der Waals surface area contributed by atoms with Crippen molar-refractivity contribution in [2.75, 3.05) is 7.05 Å². The van der Waals surface area contributed by atoms with Crippen LogP contribution in [0.5, 0.6) is 0 Å². The molecule has 4 heteroatoms.